The molecule has 2 N–H and O–H groups in total. The summed E-state index contributed by atoms with van der Waals surface area (Å²) in [5.74, 6) is 1.62. The lowest BCUT2D eigenvalue weighted by atomic mass is 10.0. The van der Waals surface area contributed by atoms with E-state index in [0.29, 0.717) is 13.3 Å². The Balaban J connectivity index is 1.57. The maximum atomic E-state index is 6.45. The Bertz CT molecular complexity index is 733. The van der Waals surface area contributed by atoms with E-state index in [1.165, 1.54) is 11.1 Å². The van der Waals surface area contributed by atoms with Gasteiger partial charge in [0.15, 0.2) is 11.5 Å². The van der Waals surface area contributed by atoms with Gasteiger partial charge in [0.05, 0.1) is 10.7 Å². The van der Waals surface area contributed by atoms with Gasteiger partial charge in [0.1, 0.15) is 0 Å². The van der Waals surface area contributed by atoms with Crippen molar-refractivity contribution in [2.75, 3.05) is 25.2 Å². The molecule has 0 bridgehead atoms. The predicted molar refractivity (Wildman–Crippen MR) is 91.6 cm³/mol. The molecular weight excluding hydrogens is 312 g/mol. The molecule has 2 aromatic rings. The summed E-state index contributed by atoms with van der Waals surface area (Å²) in [5, 5.41) is 7.75. The van der Waals surface area contributed by atoms with Gasteiger partial charge in [0.2, 0.25) is 6.79 Å². The molecule has 23 heavy (non-hydrogen) atoms. The number of rotatable bonds is 3. The zero-order valence-corrected chi connectivity index (χ0v) is 13.6. The second kappa shape index (κ2) is 6.30. The van der Waals surface area contributed by atoms with Gasteiger partial charge in [-0.05, 0) is 60.8 Å². The molecule has 0 aromatic heterocycles. The standard InChI is InChI=1S/C18H19ClN2O2/c19-15-3-2-13-5-7-20-8-6-14(13)18(15)21-10-12-1-4-16-17(9-12)23-11-22-16/h1-4,9,20-21H,5-8,10-11H2. The van der Waals surface area contributed by atoms with Crippen LogP contribution in [0.1, 0.15) is 16.7 Å². The third kappa shape index (κ3) is 2.96. The van der Waals surface area contributed by atoms with Gasteiger partial charge < -0.3 is 20.1 Å². The minimum absolute atomic E-state index is 0.303. The fourth-order valence-corrected chi connectivity index (χ4v) is 3.42. The van der Waals surface area contributed by atoms with Crippen LogP contribution in [0.25, 0.3) is 0 Å². The van der Waals surface area contributed by atoms with E-state index in [-0.39, 0.29) is 0 Å². The monoisotopic (exact) mass is 330 g/mol. The van der Waals surface area contributed by atoms with Crippen LogP contribution in [-0.4, -0.2) is 19.9 Å². The highest BCUT2D eigenvalue weighted by atomic mass is 35.5. The van der Waals surface area contributed by atoms with E-state index >= 15 is 0 Å². The second-order valence-electron chi connectivity index (χ2n) is 5.85. The summed E-state index contributed by atoms with van der Waals surface area (Å²) < 4.78 is 10.8. The first kappa shape index (κ1) is 14.7. The lowest BCUT2D eigenvalue weighted by Crippen LogP contribution is -2.16. The summed E-state index contributed by atoms with van der Waals surface area (Å²) in [4.78, 5) is 0. The van der Waals surface area contributed by atoms with Crippen LogP contribution in [0, 0.1) is 0 Å². The van der Waals surface area contributed by atoms with E-state index in [0.717, 1.165) is 53.7 Å². The summed E-state index contributed by atoms with van der Waals surface area (Å²) in [6.07, 6.45) is 2.05. The highest BCUT2D eigenvalue weighted by Crippen LogP contribution is 2.34. The van der Waals surface area contributed by atoms with Crippen LogP contribution in [0.5, 0.6) is 11.5 Å². The van der Waals surface area contributed by atoms with Crippen LogP contribution in [0.4, 0.5) is 5.69 Å². The van der Waals surface area contributed by atoms with Gasteiger partial charge in [-0.1, -0.05) is 23.7 Å². The lowest BCUT2D eigenvalue weighted by molar-refractivity contribution is 0.174. The number of hydrogen-bond donors (Lipinski definition) is 2. The van der Waals surface area contributed by atoms with Crippen LogP contribution in [0.3, 0.4) is 0 Å². The first-order chi connectivity index (χ1) is 11.3. The quantitative estimate of drug-likeness (QED) is 0.905. The molecule has 0 saturated carbocycles. The first-order valence-electron chi connectivity index (χ1n) is 7.94. The molecule has 0 amide bonds. The minimum Gasteiger partial charge on any atom is -0.454 e. The van der Waals surface area contributed by atoms with E-state index in [1.807, 2.05) is 18.2 Å². The molecule has 0 unspecified atom stereocenters. The molecule has 2 aromatic carbocycles. The van der Waals surface area contributed by atoms with Crippen LogP contribution < -0.4 is 20.1 Å². The zero-order valence-electron chi connectivity index (χ0n) is 12.8. The molecule has 0 fully saturated rings. The van der Waals surface area contributed by atoms with Gasteiger partial charge in [0, 0.05) is 6.54 Å². The second-order valence-corrected chi connectivity index (χ2v) is 6.26. The number of anilines is 1. The van der Waals surface area contributed by atoms with Crippen molar-refractivity contribution < 1.29 is 9.47 Å². The van der Waals surface area contributed by atoms with E-state index in [1.54, 1.807) is 0 Å². The molecule has 0 spiro atoms. The Morgan fingerprint density at radius 2 is 1.91 bits per heavy atom. The van der Waals surface area contributed by atoms with Crippen molar-refractivity contribution in [1.82, 2.24) is 5.32 Å². The highest BCUT2D eigenvalue weighted by Gasteiger charge is 2.16. The minimum atomic E-state index is 0.303. The Morgan fingerprint density at radius 3 is 2.87 bits per heavy atom. The summed E-state index contributed by atoms with van der Waals surface area (Å²) in [6.45, 7) is 3.03. The molecule has 5 heteroatoms. The summed E-state index contributed by atoms with van der Waals surface area (Å²) in [5.41, 5.74) is 4.93. The molecule has 4 rings (SSSR count). The number of ether oxygens (including phenoxy) is 2. The molecule has 2 heterocycles. The SMILES string of the molecule is Clc1ccc2c(c1NCc1ccc3c(c1)OCO3)CCNCC2. The number of hydrogen-bond acceptors (Lipinski definition) is 4. The highest BCUT2D eigenvalue weighted by molar-refractivity contribution is 6.33. The van der Waals surface area contributed by atoms with Crippen molar-refractivity contribution in [1.29, 1.82) is 0 Å². The van der Waals surface area contributed by atoms with Crippen molar-refractivity contribution in [3.05, 3.63) is 52.0 Å². The van der Waals surface area contributed by atoms with Gasteiger partial charge in [-0.3, -0.25) is 0 Å². The fraction of sp³-hybridized carbons (Fsp3) is 0.333. The van der Waals surface area contributed by atoms with Crippen LogP contribution in [0.15, 0.2) is 30.3 Å². The summed E-state index contributed by atoms with van der Waals surface area (Å²) >= 11 is 6.45. The Morgan fingerprint density at radius 1 is 1.04 bits per heavy atom. The van der Waals surface area contributed by atoms with E-state index in [2.05, 4.69) is 22.8 Å². The number of benzene rings is 2. The number of fused-ring (bicyclic) bond motifs is 2. The number of halogens is 1. The van der Waals surface area contributed by atoms with E-state index in [9.17, 15) is 0 Å². The molecule has 0 saturated heterocycles. The Labute approximate surface area is 140 Å². The first-order valence-corrected chi connectivity index (χ1v) is 8.32. The molecule has 2 aliphatic rings. The van der Waals surface area contributed by atoms with Crippen LogP contribution in [0.2, 0.25) is 5.02 Å². The molecule has 120 valence electrons. The molecular formula is C18H19ClN2O2. The van der Waals surface area contributed by atoms with Crippen molar-refractivity contribution in [3.8, 4) is 11.5 Å². The molecule has 0 atom stereocenters. The lowest BCUT2D eigenvalue weighted by Gasteiger charge is -2.16. The van der Waals surface area contributed by atoms with Gasteiger partial charge >= 0.3 is 0 Å². The average Bonchev–Trinajstić information content (AvgIpc) is 2.90. The largest absolute Gasteiger partial charge is 0.454 e. The van der Waals surface area contributed by atoms with E-state index < -0.39 is 0 Å². The number of nitrogens with one attached hydrogen (secondary N) is 2. The topological polar surface area (TPSA) is 42.5 Å². The zero-order chi connectivity index (χ0) is 15.6. The Kier molecular flexibility index (Phi) is 4.02. The Hall–Kier alpha value is -1.91. The van der Waals surface area contributed by atoms with Crippen molar-refractivity contribution in [2.24, 2.45) is 0 Å². The van der Waals surface area contributed by atoms with Crippen molar-refractivity contribution >= 4 is 17.3 Å². The van der Waals surface area contributed by atoms with Gasteiger partial charge in [-0.15, -0.1) is 0 Å². The maximum Gasteiger partial charge on any atom is 0.231 e. The third-order valence-corrected chi connectivity index (χ3v) is 4.70. The molecule has 0 radical (unpaired) electrons. The summed E-state index contributed by atoms with van der Waals surface area (Å²) in [6, 6.07) is 10.2. The van der Waals surface area contributed by atoms with Crippen molar-refractivity contribution in [2.45, 2.75) is 19.4 Å². The molecule has 2 aliphatic heterocycles. The normalized spacial score (nSPS) is 15.9. The summed E-state index contributed by atoms with van der Waals surface area (Å²) in [7, 11) is 0. The van der Waals surface area contributed by atoms with Gasteiger partial charge in [-0.25, -0.2) is 0 Å². The van der Waals surface area contributed by atoms with Crippen molar-refractivity contribution in [3.63, 3.8) is 0 Å². The van der Waals surface area contributed by atoms with Crippen LogP contribution in [-0.2, 0) is 19.4 Å². The fourth-order valence-electron chi connectivity index (χ4n) is 3.18. The predicted octanol–water partition coefficient (Wildman–Crippen LogP) is 3.37. The average molecular weight is 331 g/mol. The molecule has 4 nitrogen and oxygen atoms in total. The maximum absolute atomic E-state index is 6.45. The van der Waals surface area contributed by atoms with E-state index in [4.69, 9.17) is 21.1 Å². The third-order valence-electron chi connectivity index (χ3n) is 4.39. The van der Waals surface area contributed by atoms with Gasteiger partial charge in [0.25, 0.3) is 0 Å². The van der Waals surface area contributed by atoms with Gasteiger partial charge in [-0.2, -0.15) is 0 Å². The smallest absolute Gasteiger partial charge is 0.231 e. The van der Waals surface area contributed by atoms with Crippen LogP contribution >= 0.6 is 11.6 Å². The molecule has 0 aliphatic carbocycles.